The second-order valence-corrected chi connectivity index (χ2v) is 8.65. The van der Waals surface area contributed by atoms with Gasteiger partial charge in [0.05, 0.1) is 13.0 Å². The third-order valence-corrected chi connectivity index (χ3v) is 5.82. The number of para-hydroxylation sites is 1. The van der Waals surface area contributed by atoms with Crippen LogP contribution >= 0.6 is 0 Å². The number of likely N-dealkylation sites (N-methyl/N-ethyl adjacent to an activating group) is 1. The van der Waals surface area contributed by atoms with Gasteiger partial charge in [-0.3, -0.25) is 14.4 Å². The van der Waals surface area contributed by atoms with Crippen molar-refractivity contribution in [3.05, 3.63) is 71.4 Å². The third kappa shape index (κ3) is 5.69. The van der Waals surface area contributed by atoms with E-state index >= 15 is 0 Å². The highest BCUT2D eigenvalue weighted by Gasteiger charge is 2.38. The van der Waals surface area contributed by atoms with E-state index in [2.05, 4.69) is 19.9 Å². The fourth-order valence-corrected chi connectivity index (χ4v) is 3.99. The van der Waals surface area contributed by atoms with Crippen LogP contribution in [0, 0.1) is 0 Å². The Labute approximate surface area is 195 Å². The fourth-order valence-electron chi connectivity index (χ4n) is 3.99. The predicted molar refractivity (Wildman–Crippen MR) is 128 cm³/mol. The summed E-state index contributed by atoms with van der Waals surface area (Å²) in [5.41, 5.74) is 3.24. The average Bonchev–Trinajstić information content (AvgIpc) is 3.01. The molecule has 174 valence electrons. The molecule has 0 radical (unpaired) electrons. The van der Waals surface area contributed by atoms with Gasteiger partial charge in [0, 0.05) is 41.9 Å². The molecule has 0 spiro atoms. The maximum atomic E-state index is 12.5. The van der Waals surface area contributed by atoms with E-state index in [-0.39, 0.29) is 36.4 Å². The van der Waals surface area contributed by atoms with Gasteiger partial charge in [-0.15, -0.1) is 0 Å². The fraction of sp³-hybridized carbons (Fsp3) is 0.370. The number of fused-ring (bicyclic) bond motifs is 1. The van der Waals surface area contributed by atoms with Crippen LogP contribution in [0.1, 0.15) is 56.0 Å². The van der Waals surface area contributed by atoms with Crippen molar-refractivity contribution in [1.29, 1.82) is 0 Å². The molecule has 2 aromatic carbocycles. The van der Waals surface area contributed by atoms with Gasteiger partial charge in [-0.2, -0.15) is 0 Å². The Bertz CT molecular complexity index is 1050. The Morgan fingerprint density at radius 2 is 1.70 bits per heavy atom. The van der Waals surface area contributed by atoms with Crippen molar-refractivity contribution in [2.45, 2.75) is 45.4 Å². The van der Waals surface area contributed by atoms with Crippen LogP contribution in [0.5, 0.6) is 5.75 Å². The van der Waals surface area contributed by atoms with Crippen molar-refractivity contribution in [1.82, 2.24) is 0 Å². The molecule has 0 N–H and O–H groups in total. The molecule has 0 atom stereocenters. The largest absolute Gasteiger partial charge is 0.494 e. The van der Waals surface area contributed by atoms with Crippen LogP contribution in [0.4, 0.5) is 5.69 Å². The van der Waals surface area contributed by atoms with E-state index in [0.717, 1.165) is 23.4 Å². The quantitative estimate of drug-likeness (QED) is 0.293. The van der Waals surface area contributed by atoms with E-state index in [0.29, 0.717) is 17.9 Å². The molecule has 3 rings (SSSR count). The van der Waals surface area contributed by atoms with Gasteiger partial charge >= 0.3 is 5.97 Å². The van der Waals surface area contributed by atoms with E-state index < -0.39 is 5.97 Å². The maximum Gasteiger partial charge on any atom is 0.306 e. The van der Waals surface area contributed by atoms with Gasteiger partial charge in [0.25, 0.3) is 0 Å². The second kappa shape index (κ2) is 10.5. The summed E-state index contributed by atoms with van der Waals surface area (Å²) in [5, 5.41) is 0. The van der Waals surface area contributed by atoms with E-state index in [1.165, 1.54) is 0 Å². The zero-order valence-corrected chi connectivity index (χ0v) is 19.7. The molecule has 6 heteroatoms. The zero-order chi connectivity index (χ0) is 24.0. The molecule has 0 unspecified atom stereocenters. The number of ether oxygens (including phenoxy) is 2. The number of carbonyl (C=O) groups is 3. The minimum atomic E-state index is -0.569. The van der Waals surface area contributed by atoms with Gasteiger partial charge in [0.15, 0.2) is 18.2 Å². The number of hydrogen-bond donors (Lipinski definition) is 0. The highest BCUT2D eigenvalue weighted by Crippen LogP contribution is 2.46. The van der Waals surface area contributed by atoms with Crippen molar-refractivity contribution in [2.24, 2.45) is 0 Å². The molecule has 1 heterocycles. The number of allylic oxidation sites excluding steroid dienone is 1. The summed E-state index contributed by atoms with van der Waals surface area (Å²) in [5.74, 6) is -0.311. The number of Topliss-reactive ketones (excluding diaryl/α,β-unsaturated/α-hetero) is 1. The SMILES string of the molecule is CCCOc1ccc(C(=O)CCC(=O)OCC(=O)C=C2N(C)c3ccccc3C2(C)C)cc1. The van der Waals surface area contributed by atoms with Gasteiger partial charge in [0.1, 0.15) is 5.75 Å². The number of ketones is 2. The summed E-state index contributed by atoms with van der Waals surface area (Å²) in [4.78, 5) is 38.9. The number of rotatable bonds is 10. The lowest BCUT2D eigenvalue weighted by molar-refractivity contribution is -0.146. The van der Waals surface area contributed by atoms with Crippen LogP contribution < -0.4 is 9.64 Å². The molecule has 1 aliphatic rings. The molecule has 0 amide bonds. The van der Waals surface area contributed by atoms with Crippen LogP contribution in [0.15, 0.2) is 60.3 Å². The Balaban J connectivity index is 1.49. The highest BCUT2D eigenvalue weighted by molar-refractivity contribution is 5.98. The van der Waals surface area contributed by atoms with Crippen molar-refractivity contribution in [3.63, 3.8) is 0 Å². The number of esters is 1. The molecular weight excluding hydrogens is 418 g/mol. The zero-order valence-electron chi connectivity index (χ0n) is 19.7. The molecule has 33 heavy (non-hydrogen) atoms. The van der Waals surface area contributed by atoms with Crippen LogP contribution in [0.2, 0.25) is 0 Å². The number of nitrogens with zero attached hydrogens (tertiary/aromatic N) is 1. The third-order valence-electron chi connectivity index (χ3n) is 5.82. The number of anilines is 1. The maximum absolute atomic E-state index is 12.5. The smallest absolute Gasteiger partial charge is 0.306 e. The molecule has 0 fully saturated rings. The molecule has 0 saturated carbocycles. The molecule has 2 aromatic rings. The molecule has 0 bridgehead atoms. The van der Waals surface area contributed by atoms with Crippen LogP contribution in [0.3, 0.4) is 0 Å². The Kier molecular flexibility index (Phi) is 7.69. The van der Waals surface area contributed by atoms with E-state index in [1.54, 1.807) is 30.3 Å². The Hall–Kier alpha value is -3.41. The lowest BCUT2D eigenvalue weighted by atomic mass is 9.83. The van der Waals surface area contributed by atoms with Crippen LogP contribution in [-0.2, 0) is 19.7 Å². The molecule has 0 aliphatic carbocycles. The first-order chi connectivity index (χ1) is 15.7. The topological polar surface area (TPSA) is 72.9 Å². The first-order valence-corrected chi connectivity index (χ1v) is 11.2. The van der Waals surface area contributed by atoms with Gasteiger partial charge in [-0.1, -0.05) is 39.0 Å². The summed E-state index contributed by atoms with van der Waals surface area (Å²) in [6.45, 7) is 6.42. The predicted octanol–water partition coefficient (Wildman–Crippen LogP) is 4.86. The normalized spacial score (nSPS) is 15.3. The first kappa shape index (κ1) is 24.2. The van der Waals surface area contributed by atoms with E-state index in [1.807, 2.05) is 37.1 Å². The number of hydrogen-bond acceptors (Lipinski definition) is 6. The van der Waals surface area contributed by atoms with Gasteiger partial charge < -0.3 is 14.4 Å². The minimum absolute atomic E-state index is 0.0222. The summed E-state index contributed by atoms with van der Waals surface area (Å²) in [7, 11) is 1.92. The Morgan fingerprint density at radius 1 is 1.00 bits per heavy atom. The van der Waals surface area contributed by atoms with Crippen molar-refractivity contribution < 1.29 is 23.9 Å². The summed E-state index contributed by atoms with van der Waals surface area (Å²) >= 11 is 0. The van der Waals surface area contributed by atoms with Crippen LogP contribution in [0.25, 0.3) is 0 Å². The second-order valence-electron chi connectivity index (χ2n) is 8.65. The van der Waals surface area contributed by atoms with E-state index in [9.17, 15) is 14.4 Å². The van der Waals surface area contributed by atoms with Gasteiger partial charge in [-0.25, -0.2) is 0 Å². The lowest BCUT2D eigenvalue weighted by Crippen LogP contribution is -2.25. The first-order valence-electron chi connectivity index (χ1n) is 11.2. The highest BCUT2D eigenvalue weighted by atomic mass is 16.5. The standard InChI is InChI=1S/C27H31NO5/c1-5-16-32-21-12-10-19(11-13-21)24(30)14-15-26(31)33-18-20(29)17-25-27(2,3)22-8-6-7-9-23(22)28(25)4/h6-13,17H,5,14-16,18H2,1-4H3. The number of benzene rings is 2. The molecular formula is C27H31NO5. The summed E-state index contributed by atoms with van der Waals surface area (Å²) < 4.78 is 10.6. The summed E-state index contributed by atoms with van der Waals surface area (Å²) in [6.07, 6.45) is 2.40. The Morgan fingerprint density at radius 3 is 2.36 bits per heavy atom. The molecule has 1 aliphatic heterocycles. The molecule has 0 aromatic heterocycles. The monoisotopic (exact) mass is 449 g/mol. The van der Waals surface area contributed by atoms with Crippen molar-refractivity contribution >= 4 is 23.2 Å². The van der Waals surface area contributed by atoms with Gasteiger partial charge in [0.2, 0.25) is 0 Å². The van der Waals surface area contributed by atoms with Gasteiger partial charge in [-0.05, 0) is 42.3 Å². The lowest BCUT2D eigenvalue weighted by Gasteiger charge is -2.23. The minimum Gasteiger partial charge on any atom is -0.494 e. The molecule has 0 saturated heterocycles. The van der Waals surface area contributed by atoms with Crippen LogP contribution in [-0.4, -0.2) is 37.8 Å². The van der Waals surface area contributed by atoms with Crippen molar-refractivity contribution in [2.75, 3.05) is 25.2 Å². The average molecular weight is 450 g/mol. The van der Waals surface area contributed by atoms with Crippen molar-refractivity contribution in [3.8, 4) is 5.75 Å². The molecule has 6 nitrogen and oxygen atoms in total. The summed E-state index contributed by atoms with van der Waals surface area (Å²) in [6, 6.07) is 14.9. The van der Waals surface area contributed by atoms with E-state index in [4.69, 9.17) is 9.47 Å². The number of carbonyl (C=O) groups excluding carboxylic acids is 3.